The van der Waals surface area contributed by atoms with Crippen molar-refractivity contribution in [1.82, 2.24) is 0 Å². The van der Waals surface area contributed by atoms with E-state index in [-0.39, 0.29) is 12.0 Å². The number of hydrogen-bond donors (Lipinski definition) is 1. The van der Waals surface area contributed by atoms with E-state index in [4.69, 9.17) is 14.2 Å². The van der Waals surface area contributed by atoms with E-state index in [1.807, 2.05) is 6.92 Å². The van der Waals surface area contributed by atoms with Crippen molar-refractivity contribution >= 4 is 17.6 Å². The molecule has 2 aromatic carbocycles. The highest BCUT2D eigenvalue weighted by atomic mass is 16.5. The molecule has 0 aromatic heterocycles. The Balaban J connectivity index is 1.63. The highest BCUT2D eigenvalue weighted by Crippen LogP contribution is 2.20. The molecule has 0 spiro atoms. The fourth-order valence-corrected chi connectivity index (χ4v) is 2.86. The number of esters is 1. The van der Waals surface area contributed by atoms with Gasteiger partial charge in [-0.1, -0.05) is 6.07 Å². The van der Waals surface area contributed by atoms with Crippen LogP contribution in [0.3, 0.4) is 0 Å². The van der Waals surface area contributed by atoms with Crippen LogP contribution in [0.2, 0.25) is 0 Å². The van der Waals surface area contributed by atoms with Crippen LogP contribution in [0.1, 0.15) is 39.1 Å². The van der Waals surface area contributed by atoms with Gasteiger partial charge in [-0.2, -0.15) is 0 Å². The molecular weight excluding hydrogens is 346 g/mol. The quantitative estimate of drug-likeness (QED) is 0.788. The van der Waals surface area contributed by atoms with Crippen molar-refractivity contribution in [3.63, 3.8) is 0 Å². The van der Waals surface area contributed by atoms with Gasteiger partial charge < -0.3 is 19.5 Å². The number of ether oxygens (including phenoxy) is 3. The van der Waals surface area contributed by atoms with Crippen LogP contribution in [0.5, 0.6) is 5.75 Å². The minimum absolute atomic E-state index is 0.151. The monoisotopic (exact) mass is 369 g/mol. The Kier molecular flexibility index (Phi) is 6.08. The number of aryl methyl sites for hydroxylation is 1. The van der Waals surface area contributed by atoms with Gasteiger partial charge in [0.15, 0.2) is 0 Å². The smallest absolute Gasteiger partial charge is 0.337 e. The van der Waals surface area contributed by atoms with Gasteiger partial charge in [0.1, 0.15) is 12.4 Å². The molecule has 0 unspecified atom stereocenters. The molecule has 0 saturated carbocycles. The van der Waals surface area contributed by atoms with Gasteiger partial charge in [0.25, 0.3) is 5.91 Å². The Labute approximate surface area is 158 Å². The highest BCUT2D eigenvalue weighted by Gasteiger charge is 2.16. The van der Waals surface area contributed by atoms with E-state index < -0.39 is 5.97 Å². The van der Waals surface area contributed by atoms with Crippen molar-refractivity contribution in [3.05, 3.63) is 59.2 Å². The van der Waals surface area contributed by atoms with E-state index in [9.17, 15) is 9.59 Å². The molecule has 2 aromatic rings. The van der Waals surface area contributed by atoms with Crippen LogP contribution in [0, 0.1) is 6.92 Å². The van der Waals surface area contributed by atoms with Gasteiger partial charge in [0.05, 0.1) is 18.8 Å². The Hall–Kier alpha value is -2.86. The van der Waals surface area contributed by atoms with Crippen LogP contribution in [-0.4, -0.2) is 38.3 Å². The van der Waals surface area contributed by atoms with Crippen LogP contribution < -0.4 is 10.1 Å². The summed E-state index contributed by atoms with van der Waals surface area (Å²) in [7, 11) is 1.32. The summed E-state index contributed by atoms with van der Waals surface area (Å²) in [5, 5.41) is 2.83. The van der Waals surface area contributed by atoms with E-state index in [0.29, 0.717) is 29.2 Å². The summed E-state index contributed by atoms with van der Waals surface area (Å²) in [5.74, 6) is -0.00467. The molecule has 1 saturated heterocycles. The topological polar surface area (TPSA) is 73.9 Å². The fraction of sp³-hybridized carbons (Fsp3) is 0.333. The van der Waals surface area contributed by atoms with Crippen molar-refractivity contribution in [2.45, 2.75) is 25.9 Å². The number of benzene rings is 2. The molecule has 1 amide bonds. The molecule has 6 heteroatoms. The van der Waals surface area contributed by atoms with Gasteiger partial charge in [0, 0.05) is 17.9 Å². The molecule has 3 rings (SSSR count). The van der Waals surface area contributed by atoms with Gasteiger partial charge in [-0.05, 0) is 61.7 Å². The third kappa shape index (κ3) is 4.86. The maximum Gasteiger partial charge on any atom is 0.337 e. The Morgan fingerprint density at radius 2 is 1.89 bits per heavy atom. The van der Waals surface area contributed by atoms with E-state index in [1.165, 1.54) is 7.11 Å². The van der Waals surface area contributed by atoms with E-state index in [2.05, 4.69) is 5.32 Å². The number of anilines is 1. The van der Waals surface area contributed by atoms with Crippen LogP contribution in [-0.2, 0) is 9.47 Å². The maximum atomic E-state index is 12.5. The number of nitrogens with one attached hydrogen (secondary N) is 1. The molecule has 0 bridgehead atoms. The maximum absolute atomic E-state index is 12.5. The summed E-state index contributed by atoms with van der Waals surface area (Å²) in [4.78, 5) is 24.2. The third-order valence-corrected chi connectivity index (χ3v) is 4.48. The number of methoxy groups -OCH3 is 1. The van der Waals surface area contributed by atoms with E-state index in [0.717, 1.165) is 25.0 Å². The first-order valence-electron chi connectivity index (χ1n) is 8.91. The minimum Gasteiger partial charge on any atom is -0.491 e. The first-order valence-corrected chi connectivity index (χ1v) is 8.91. The number of hydrogen-bond acceptors (Lipinski definition) is 5. The van der Waals surface area contributed by atoms with Gasteiger partial charge in [-0.3, -0.25) is 4.79 Å². The molecule has 1 aliphatic heterocycles. The predicted octanol–water partition coefficient (Wildman–Crippen LogP) is 3.59. The molecular formula is C21H23NO5. The average Bonchev–Trinajstić information content (AvgIpc) is 3.21. The lowest BCUT2D eigenvalue weighted by Gasteiger charge is -2.12. The van der Waals surface area contributed by atoms with Crippen LogP contribution in [0.25, 0.3) is 0 Å². The summed E-state index contributed by atoms with van der Waals surface area (Å²) in [5.41, 5.74) is 2.31. The SMILES string of the molecule is COC(=O)c1ccc(C)c(NC(=O)c2ccc(OC[C@H]3CCCO3)cc2)c1. The van der Waals surface area contributed by atoms with E-state index in [1.54, 1.807) is 42.5 Å². The lowest BCUT2D eigenvalue weighted by molar-refractivity contribution is 0.0600. The summed E-state index contributed by atoms with van der Waals surface area (Å²) < 4.78 is 16.0. The zero-order valence-corrected chi connectivity index (χ0v) is 15.5. The fourth-order valence-electron chi connectivity index (χ4n) is 2.86. The predicted molar refractivity (Wildman–Crippen MR) is 101 cm³/mol. The molecule has 0 aliphatic carbocycles. The van der Waals surface area contributed by atoms with Gasteiger partial charge >= 0.3 is 5.97 Å². The average molecular weight is 369 g/mol. The lowest BCUT2D eigenvalue weighted by atomic mass is 10.1. The number of amides is 1. The largest absolute Gasteiger partial charge is 0.491 e. The standard InChI is InChI=1S/C21H23NO5/c1-14-5-6-16(21(24)25-2)12-19(14)22-20(23)15-7-9-17(10-8-15)27-13-18-4-3-11-26-18/h5-10,12,18H,3-4,11,13H2,1-2H3,(H,22,23)/t18-/m1/s1. The number of rotatable bonds is 6. The zero-order valence-electron chi connectivity index (χ0n) is 15.5. The van der Waals surface area contributed by atoms with Gasteiger partial charge in [-0.15, -0.1) is 0 Å². The molecule has 0 radical (unpaired) electrons. The molecule has 1 fully saturated rings. The Morgan fingerprint density at radius 3 is 2.56 bits per heavy atom. The molecule has 142 valence electrons. The van der Waals surface area contributed by atoms with Crippen molar-refractivity contribution in [1.29, 1.82) is 0 Å². The van der Waals surface area contributed by atoms with Gasteiger partial charge in [0.2, 0.25) is 0 Å². The normalized spacial score (nSPS) is 16.0. The Bertz CT molecular complexity index is 810. The second-order valence-corrected chi connectivity index (χ2v) is 6.45. The Morgan fingerprint density at radius 1 is 1.15 bits per heavy atom. The zero-order chi connectivity index (χ0) is 19.2. The van der Waals surface area contributed by atoms with Crippen LogP contribution in [0.15, 0.2) is 42.5 Å². The number of carbonyl (C=O) groups is 2. The molecule has 1 atom stereocenters. The molecule has 1 heterocycles. The van der Waals surface area contributed by atoms with E-state index >= 15 is 0 Å². The highest BCUT2D eigenvalue weighted by molar-refractivity contribution is 6.05. The second kappa shape index (κ2) is 8.68. The second-order valence-electron chi connectivity index (χ2n) is 6.45. The summed E-state index contributed by atoms with van der Waals surface area (Å²) >= 11 is 0. The summed E-state index contributed by atoms with van der Waals surface area (Å²) in [6, 6.07) is 12.0. The van der Waals surface area contributed by atoms with Crippen molar-refractivity contribution in [2.24, 2.45) is 0 Å². The lowest BCUT2D eigenvalue weighted by Crippen LogP contribution is -2.16. The van der Waals surface area contributed by atoms with Crippen LogP contribution in [0.4, 0.5) is 5.69 Å². The van der Waals surface area contributed by atoms with Crippen molar-refractivity contribution in [3.8, 4) is 5.75 Å². The molecule has 6 nitrogen and oxygen atoms in total. The van der Waals surface area contributed by atoms with Crippen molar-refractivity contribution in [2.75, 3.05) is 25.6 Å². The number of carbonyl (C=O) groups excluding carboxylic acids is 2. The van der Waals surface area contributed by atoms with Crippen molar-refractivity contribution < 1.29 is 23.8 Å². The van der Waals surface area contributed by atoms with Gasteiger partial charge in [-0.25, -0.2) is 4.79 Å². The molecule has 1 aliphatic rings. The minimum atomic E-state index is -0.446. The first kappa shape index (κ1) is 18.9. The summed E-state index contributed by atoms with van der Waals surface area (Å²) in [6.45, 7) is 3.17. The van der Waals surface area contributed by atoms with Crippen LogP contribution >= 0.6 is 0 Å². The molecule has 1 N–H and O–H groups in total. The third-order valence-electron chi connectivity index (χ3n) is 4.48. The summed E-state index contributed by atoms with van der Waals surface area (Å²) in [6.07, 6.45) is 2.24. The molecule has 27 heavy (non-hydrogen) atoms. The first-order chi connectivity index (χ1) is 13.1.